The van der Waals surface area contributed by atoms with Crippen LogP contribution in [0, 0.1) is 11.3 Å². The molecular weight excluding hydrogens is 264 g/mol. The molecule has 120 valence electrons. The molecule has 1 fully saturated rings. The number of amides is 2. The van der Waals surface area contributed by atoms with Crippen LogP contribution < -0.4 is 5.32 Å². The third-order valence-corrected chi connectivity index (χ3v) is 3.51. The average Bonchev–Trinajstić information content (AvgIpc) is 2.35. The molecule has 1 heterocycles. The number of carbonyl (C=O) groups excluding carboxylic acids is 2. The number of likely N-dealkylation sites (tertiary alicyclic amines) is 1. The van der Waals surface area contributed by atoms with Crippen molar-refractivity contribution >= 4 is 11.8 Å². The maximum Gasteiger partial charge on any atom is 0.243 e. The molecule has 0 bridgehead atoms. The molecule has 0 spiro atoms. The van der Waals surface area contributed by atoms with Crippen molar-refractivity contribution in [3.05, 3.63) is 12.2 Å². The molecule has 2 amide bonds. The zero-order valence-corrected chi connectivity index (χ0v) is 14.1. The van der Waals surface area contributed by atoms with Gasteiger partial charge in [-0.25, -0.2) is 0 Å². The lowest BCUT2D eigenvalue weighted by molar-refractivity contribution is -0.133. The quantitative estimate of drug-likeness (QED) is 0.811. The highest BCUT2D eigenvalue weighted by molar-refractivity contribution is 5.87. The lowest BCUT2D eigenvalue weighted by atomic mass is 9.96. The molecule has 1 N–H and O–H groups in total. The molecule has 0 saturated carbocycles. The van der Waals surface area contributed by atoms with Crippen molar-refractivity contribution < 1.29 is 9.59 Å². The largest absolute Gasteiger partial charge is 0.350 e. The van der Waals surface area contributed by atoms with Crippen LogP contribution in [0.1, 0.15) is 53.9 Å². The lowest BCUT2D eigenvalue weighted by Gasteiger charge is -2.32. The fourth-order valence-corrected chi connectivity index (χ4v) is 2.33. The van der Waals surface area contributed by atoms with Crippen molar-refractivity contribution in [1.29, 1.82) is 0 Å². The highest BCUT2D eigenvalue weighted by Gasteiger charge is 2.23. The summed E-state index contributed by atoms with van der Waals surface area (Å²) in [4.78, 5) is 25.7. The average molecular weight is 294 g/mol. The maximum atomic E-state index is 12.0. The monoisotopic (exact) mass is 294 g/mol. The van der Waals surface area contributed by atoms with E-state index >= 15 is 0 Å². The summed E-state index contributed by atoms with van der Waals surface area (Å²) in [5, 5.41) is 3.03. The number of hydrogen-bond acceptors (Lipinski definition) is 2. The summed E-state index contributed by atoms with van der Waals surface area (Å²) in [7, 11) is 0. The summed E-state index contributed by atoms with van der Waals surface area (Å²) in [6.07, 6.45) is 5.85. The summed E-state index contributed by atoms with van der Waals surface area (Å²) in [5.41, 5.74) is 0.0178. The Balaban J connectivity index is 2.35. The molecule has 0 radical (unpaired) electrons. The minimum absolute atomic E-state index is 0.0178. The van der Waals surface area contributed by atoms with E-state index < -0.39 is 0 Å². The van der Waals surface area contributed by atoms with Crippen LogP contribution in [0.3, 0.4) is 0 Å². The minimum atomic E-state index is -0.0307. The van der Waals surface area contributed by atoms with Crippen LogP contribution >= 0.6 is 0 Å². The Morgan fingerprint density at radius 2 is 1.81 bits per heavy atom. The number of nitrogens with zero attached hydrogens (tertiary/aromatic N) is 1. The number of hydrogen-bond donors (Lipinski definition) is 1. The van der Waals surface area contributed by atoms with E-state index in [2.05, 4.69) is 39.9 Å². The summed E-state index contributed by atoms with van der Waals surface area (Å²) < 4.78 is 0. The van der Waals surface area contributed by atoms with Crippen LogP contribution in [0.25, 0.3) is 0 Å². The van der Waals surface area contributed by atoms with Crippen LogP contribution in [0.2, 0.25) is 0 Å². The molecule has 0 aliphatic carbocycles. The Morgan fingerprint density at radius 1 is 1.24 bits per heavy atom. The van der Waals surface area contributed by atoms with Gasteiger partial charge in [0.2, 0.25) is 11.8 Å². The molecule has 0 atom stereocenters. The molecule has 1 aliphatic heterocycles. The zero-order valence-electron chi connectivity index (χ0n) is 14.1. The van der Waals surface area contributed by atoms with Gasteiger partial charge in [0.25, 0.3) is 0 Å². The molecule has 0 aromatic heterocycles. The first kappa shape index (κ1) is 17.7. The first-order chi connectivity index (χ1) is 9.67. The lowest BCUT2D eigenvalue weighted by Crippen LogP contribution is -2.46. The Morgan fingerprint density at radius 3 is 2.29 bits per heavy atom. The van der Waals surface area contributed by atoms with Crippen molar-refractivity contribution in [3.63, 3.8) is 0 Å². The second kappa shape index (κ2) is 7.62. The first-order valence-corrected chi connectivity index (χ1v) is 7.95. The summed E-state index contributed by atoms with van der Waals surface area (Å²) in [6, 6.07) is 0.185. The van der Waals surface area contributed by atoms with Gasteiger partial charge >= 0.3 is 0 Å². The van der Waals surface area contributed by atoms with E-state index in [-0.39, 0.29) is 23.3 Å². The Bertz CT molecular complexity index is 386. The van der Waals surface area contributed by atoms with Gasteiger partial charge < -0.3 is 10.2 Å². The molecule has 4 nitrogen and oxygen atoms in total. The fourth-order valence-electron chi connectivity index (χ4n) is 2.33. The minimum Gasteiger partial charge on any atom is -0.350 e. The van der Waals surface area contributed by atoms with Crippen LogP contribution in [0.5, 0.6) is 0 Å². The highest BCUT2D eigenvalue weighted by atomic mass is 16.2. The van der Waals surface area contributed by atoms with Crippen LogP contribution in [-0.4, -0.2) is 35.8 Å². The molecule has 0 unspecified atom stereocenters. The van der Waals surface area contributed by atoms with E-state index in [0.717, 1.165) is 25.9 Å². The predicted octanol–water partition coefficient (Wildman–Crippen LogP) is 2.74. The van der Waals surface area contributed by atoms with Crippen molar-refractivity contribution in [2.24, 2.45) is 11.3 Å². The van der Waals surface area contributed by atoms with Crippen molar-refractivity contribution in [2.45, 2.75) is 59.9 Å². The van der Waals surface area contributed by atoms with Gasteiger partial charge in [-0.05, 0) is 30.3 Å². The highest BCUT2D eigenvalue weighted by Crippen LogP contribution is 2.15. The van der Waals surface area contributed by atoms with E-state index in [1.165, 1.54) is 0 Å². The van der Waals surface area contributed by atoms with E-state index in [1.54, 1.807) is 6.08 Å². The standard InChI is InChI=1S/C17H30N2O2/c1-13(2)12-16(21)19-10-7-14(8-11-19)18-15(20)6-9-17(3,4)5/h6,9,13-14H,7-8,10-12H2,1-5H3,(H,18,20)/b9-6+. The Labute approximate surface area is 129 Å². The normalized spacial score (nSPS) is 17.5. The van der Waals surface area contributed by atoms with Gasteiger partial charge in [-0.2, -0.15) is 0 Å². The SMILES string of the molecule is CC(C)CC(=O)N1CCC(NC(=O)/C=C/C(C)(C)C)CC1. The van der Waals surface area contributed by atoms with Crippen LogP contribution in [-0.2, 0) is 9.59 Å². The number of rotatable bonds is 4. The van der Waals surface area contributed by atoms with Crippen LogP contribution in [0.4, 0.5) is 0 Å². The summed E-state index contributed by atoms with van der Waals surface area (Å²) in [6.45, 7) is 11.8. The van der Waals surface area contributed by atoms with Gasteiger partial charge in [0.1, 0.15) is 0 Å². The predicted molar refractivity (Wildman–Crippen MR) is 85.8 cm³/mol. The van der Waals surface area contributed by atoms with Crippen molar-refractivity contribution in [1.82, 2.24) is 10.2 Å². The molecule has 1 rings (SSSR count). The third kappa shape index (κ3) is 7.30. The molecule has 0 aromatic carbocycles. The number of piperidine rings is 1. The molecule has 1 aliphatic rings. The molecule has 4 heteroatoms. The van der Waals surface area contributed by atoms with E-state index in [9.17, 15) is 9.59 Å². The second-order valence-corrected chi connectivity index (χ2v) is 7.46. The van der Waals surface area contributed by atoms with Gasteiger partial charge in [0.15, 0.2) is 0 Å². The molecule has 1 saturated heterocycles. The third-order valence-electron chi connectivity index (χ3n) is 3.51. The Hall–Kier alpha value is -1.32. The maximum absolute atomic E-state index is 12.0. The van der Waals surface area contributed by atoms with Gasteiger partial charge in [-0.15, -0.1) is 0 Å². The fraction of sp³-hybridized carbons (Fsp3) is 0.765. The van der Waals surface area contributed by atoms with Gasteiger partial charge in [-0.3, -0.25) is 9.59 Å². The number of carbonyl (C=O) groups is 2. The van der Waals surface area contributed by atoms with Gasteiger partial charge in [-0.1, -0.05) is 40.7 Å². The topological polar surface area (TPSA) is 49.4 Å². The molecule has 21 heavy (non-hydrogen) atoms. The first-order valence-electron chi connectivity index (χ1n) is 7.95. The molecule has 0 aromatic rings. The van der Waals surface area contributed by atoms with Gasteiger partial charge in [0, 0.05) is 25.6 Å². The number of allylic oxidation sites excluding steroid dienone is 1. The zero-order chi connectivity index (χ0) is 16.0. The summed E-state index contributed by atoms with van der Waals surface area (Å²) >= 11 is 0. The van der Waals surface area contributed by atoms with E-state index in [4.69, 9.17) is 0 Å². The Kier molecular flexibility index (Phi) is 6.43. The van der Waals surface area contributed by atoms with Crippen molar-refractivity contribution in [3.8, 4) is 0 Å². The van der Waals surface area contributed by atoms with Gasteiger partial charge in [0.05, 0.1) is 0 Å². The number of nitrogens with one attached hydrogen (secondary N) is 1. The smallest absolute Gasteiger partial charge is 0.243 e. The van der Waals surface area contributed by atoms with E-state index in [1.807, 2.05) is 11.0 Å². The second-order valence-electron chi connectivity index (χ2n) is 7.46. The molecular formula is C17H30N2O2. The van der Waals surface area contributed by atoms with E-state index in [0.29, 0.717) is 12.3 Å². The van der Waals surface area contributed by atoms with Crippen LogP contribution in [0.15, 0.2) is 12.2 Å². The van der Waals surface area contributed by atoms with Crippen molar-refractivity contribution in [2.75, 3.05) is 13.1 Å². The summed E-state index contributed by atoms with van der Waals surface area (Å²) in [5.74, 6) is 0.608.